The van der Waals surface area contributed by atoms with Crippen LogP contribution >= 0.6 is 0 Å². The molecule has 0 aliphatic carbocycles. The number of ketones is 1. The van der Waals surface area contributed by atoms with E-state index in [1.165, 1.54) is 0 Å². The summed E-state index contributed by atoms with van der Waals surface area (Å²) in [5.74, 6) is 0.737. The average Bonchev–Trinajstić information content (AvgIpc) is 2.63. The fraction of sp³-hybridized carbons (Fsp3) is 0.286. The van der Waals surface area contributed by atoms with E-state index in [2.05, 4.69) is 12.2 Å². The highest BCUT2D eigenvalue weighted by Crippen LogP contribution is 2.30. The number of aromatic hydroxyl groups is 1. The van der Waals surface area contributed by atoms with Crippen LogP contribution in [0.5, 0.6) is 11.5 Å². The van der Waals surface area contributed by atoms with Crippen molar-refractivity contribution in [3.05, 3.63) is 59.2 Å². The van der Waals surface area contributed by atoms with Gasteiger partial charge in [0.05, 0.1) is 6.61 Å². The summed E-state index contributed by atoms with van der Waals surface area (Å²) in [6.45, 7) is 4.44. The lowest BCUT2D eigenvalue weighted by Crippen LogP contribution is -1.98. The molecule has 2 rings (SSSR count). The van der Waals surface area contributed by atoms with Gasteiger partial charge in [-0.25, -0.2) is 0 Å². The number of anilines is 1. The summed E-state index contributed by atoms with van der Waals surface area (Å²) in [4.78, 5) is 12.4. The Morgan fingerprint density at radius 2 is 1.92 bits per heavy atom. The number of carbonyl (C=O) groups is 1. The lowest BCUT2D eigenvalue weighted by Gasteiger charge is -2.11. The van der Waals surface area contributed by atoms with E-state index < -0.39 is 0 Å². The van der Waals surface area contributed by atoms with Crippen molar-refractivity contribution in [2.24, 2.45) is 0 Å². The molecule has 0 aromatic heterocycles. The van der Waals surface area contributed by atoms with Crippen LogP contribution in [0.25, 0.3) is 6.08 Å². The minimum Gasteiger partial charge on any atom is -0.508 e. The number of allylic oxidation sites excluding steroid dienone is 1. The van der Waals surface area contributed by atoms with Crippen LogP contribution in [-0.2, 0) is 6.42 Å². The number of ether oxygens (including phenoxy) is 1. The fourth-order valence-corrected chi connectivity index (χ4v) is 2.58. The number of phenolic OH excluding ortho intramolecular Hbond substituents is 1. The Kier molecular flexibility index (Phi) is 6.63. The van der Waals surface area contributed by atoms with Gasteiger partial charge in [-0.3, -0.25) is 4.79 Å². The summed E-state index contributed by atoms with van der Waals surface area (Å²) in [6.07, 6.45) is 5.00. The molecule has 0 unspecified atom stereocenters. The maximum absolute atomic E-state index is 12.4. The Bertz CT molecular complexity index is 748. The van der Waals surface area contributed by atoms with E-state index in [9.17, 15) is 9.90 Å². The van der Waals surface area contributed by atoms with Gasteiger partial charge in [-0.2, -0.15) is 0 Å². The molecule has 0 fully saturated rings. The van der Waals surface area contributed by atoms with Crippen molar-refractivity contribution >= 4 is 17.5 Å². The SMILES string of the molecule is CCCc1cc(C=CC(=O)c2ccc(NC)cc2)c(OCC)cc1O. The van der Waals surface area contributed by atoms with Gasteiger partial charge in [0, 0.05) is 29.9 Å². The van der Waals surface area contributed by atoms with Crippen LogP contribution in [0.15, 0.2) is 42.5 Å². The largest absolute Gasteiger partial charge is 0.508 e. The number of hydrogen-bond acceptors (Lipinski definition) is 4. The molecule has 0 radical (unpaired) electrons. The summed E-state index contributed by atoms with van der Waals surface area (Å²) in [5.41, 5.74) is 3.24. The molecule has 0 aliphatic heterocycles. The van der Waals surface area contributed by atoms with E-state index in [1.54, 1.807) is 30.4 Å². The Morgan fingerprint density at radius 1 is 1.20 bits per heavy atom. The number of phenols is 1. The van der Waals surface area contributed by atoms with E-state index in [1.807, 2.05) is 32.2 Å². The van der Waals surface area contributed by atoms with Gasteiger partial charge in [-0.1, -0.05) is 13.3 Å². The van der Waals surface area contributed by atoms with Crippen molar-refractivity contribution in [1.29, 1.82) is 0 Å². The lowest BCUT2D eigenvalue weighted by molar-refractivity contribution is 0.104. The van der Waals surface area contributed by atoms with Gasteiger partial charge in [-0.05, 0) is 61.4 Å². The van der Waals surface area contributed by atoms with Crippen molar-refractivity contribution in [2.75, 3.05) is 19.0 Å². The van der Waals surface area contributed by atoms with E-state index >= 15 is 0 Å². The van der Waals surface area contributed by atoms with Crippen LogP contribution < -0.4 is 10.1 Å². The van der Waals surface area contributed by atoms with Crippen LogP contribution in [0.3, 0.4) is 0 Å². The molecule has 0 atom stereocenters. The van der Waals surface area contributed by atoms with Crippen LogP contribution in [0.4, 0.5) is 5.69 Å². The quantitative estimate of drug-likeness (QED) is 0.541. The van der Waals surface area contributed by atoms with Crippen LogP contribution in [-0.4, -0.2) is 24.5 Å². The highest BCUT2D eigenvalue weighted by Gasteiger charge is 2.09. The van der Waals surface area contributed by atoms with Crippen molar-refractivity contribution in [1.82, 2.24) is 0 Å². The molecule has 0 heterocycles. The first-order valence-electron chi connectivity index (χ1n) is 8.58. The molecular formula is C21H25NO3. The molecule has 0 saturated heterocycles. The Balaban J connectivity index is 2.27. The van der Waals surface area contributed by atoms with Gasteiger partial charge in [0.25, 0.3) is 0 Å². The predicted octanol–water partition coefficient (Wildman–Crippen LogP) is 4.68. The molecule has 0 aliphatic rings. The van der Waals surface area contributed by atoms with Gasteiger partial charge in [0.2, 0.25) is 0 Å². The molecule has 132 valence electrons. The zero-order valence-electron chi connectivity index (χ0n) is 15.0. The maximum Gasteiger partial charge on any atom is 0.185 e. The Hall–Kier alpha value is -2.75. The summed E-state index contributed by atoms with van der Waals surface area (Å²) in [5, 5.41) is 13.1. The second kappa shape index (κ2) is 8.92. The Morgan fingerprint density at radius 3 is 2.52 bits per heavy atom. The van der Waals surface area contributed by atoms with Crippen molar-refractivity contribution in [3.63, 3.8) is 0 Å². The highest BCUT2D eigenvalue weighted by atomic mass is 16.5. The number of nitrogens with one attached hydrogen (secondary N) is 1. The summed E-state index contributed by atoms with van der Waals surface area (Å²) in [6, 6.07) is 10.8. The van der Waals surface area contributed by atoms with Crippen molar-refractivity contribution in [2.45, 2.75) is 26.7 Å². The number of hydrogen-bond donors (Lipinski definition) is 2. The number of rotatable bonds is 8. The minimum atomic E-state index is -0.0739. The van der Waals surface area contributed by atoms with Crippen molar-refractivity contribution < 1.29 is 14.6 Å². The fourth-order valence-electron chi connectivity index (χ4n) is 2.58. The average molecular weight is 339 g/mol. The van der Waals surface area contributed by atoms with E-state index in [0.29, 0.717) is 17.9 Å². The lowest BCUT2D eigenvalue weighted by atomic mass is 10.0. The molecule has 0 spiro atoms. The number of aryl methyl sites for hydroxylation is 1. The topological polar surface area (TPSA) is 58.6 Å². The molecule has 25 heavy (non-hydrogen) atoms. The number of carbonyl (C=O) groups excluding carboxylic acids is 1. The molecule has 2 N–H and O–H groups in total. The first-order valence-corrected chi connectivity index (χ1v) is 8.58. The number of benzene rings is 2. The van der Waals surface area contributed by atoms with Crippen LogP contribution in [0.2, 0.25) is 0 Å². The van der Waals surface area contributed by atoms with Gasteiger partial charge >= 0.3 is 0 Å². The zero-order valence-corrected chi connectivity index (χ0v) is 15.0. The normalized spacial score (nSPS) is 10.8. The van der Waals surface area contributed by atoms with Gasteiger partial charge in [0.15, 0.2) is 5.78 Å². The van der Waals surface area contributed by atoms with Crippen LogP contribution in [0, 0.1) is 0 Å². The van der Waals surface area contributed by atoms with Gasteiger partial charge in [0.1, 0.15) is 11.5 Å². The molecule has 2 aromatic rings. The second-order valence-corrected chi connectivity index (χ2v) is 5.73. The highest BCUT2D eigenvalue weighted by molar-refractivity contribution is 6.07. The molecular weight excluding hydrogens is 314 g/mol. The monoisotopic (exact) mass is 339 g/mol. The van der Waals surface area contributed by atoms with E-state index in [-0.39, 0.29) is 11.5 Å². The molecule has 0 saturated carbocycles. The zero-order chi connectivity index (χ0) is 18.2. The van der Waals surface area contributed by atoms with E-state index in [0.717, 1.165) is 29.7 Å². The first-order chi connectivity index (χ1) is 12.1. The third kappa shape index (κ3) is 4.86. The molecule has 0 bridgehead atoms. The van der Waals surface area contributed by atoms with Crippen molar-refractivity contribution in [3.8, 4) is 11.5 Å². The second-order valence-electron chi connectivity index (χ2n) is 5.73. The molecule has 2 aromatic carbocycles. The van der Waals surface area contributed by atoms with E-state index in [4.69, 9.17) is 4.74 Å². The third-order valence-corrected chi connectivity index (χ3v) is 3.90. The third-order valence-electron chi connectivity index (χ3n) is 3.90. The first kappa shape index (κ1) is 18.6. The predicted molar refractivity (Wildman–Crippen MR) is 103 cm³/mol. The Labute approximate surface area is 149 Å². The standard InChI is InChI=1S/C21H25NO3/c1-4-6-16-13-17(21(25-5-2)14-20(16)24)9-12-19(23)15-7-10-18(22-3)11-8-15/h7-14,22,24H,4-6H2,1-3H3. The minimum absolute atomic E-state index is 0.0739. The smallest absolute Gasteiger partial charge is 0.185 e. The van der Waals surface area contributed by atoms with Gasteiger partial charge < -0.3 is 15.2 Å². The van der Waals surface area contributed by atoms with Crippen LogP contribution in [0.1, 0.15) is 41.8 Å². The molecule has 4 heteroatoms. The molecule has 4 nitrogen and oxygen atoms in total. The van der Waals surface area contributed by atoms with Gasteiger partial charge in [-0.15, -0.1) is 0 Å². The summed E-state index contributed by atoms with van der Waals surface area (Å²) >= 11 is 0. The molecule has 0 amide bonds. The summed E-state index contributed by atoms with van der Waals surface area (Å²) < 4.78 is 5.59. The maximum atomic E-state index is 12.4. The summed E-state index contributed by atoms with van der Waals surface area (Å²) in [7, 11) is 1.84.